The van der Waals surface area contributed by atoms with Crippen LogP contribution in [0.2, 0.25) is 0 Å². The van der Waals surface area contributed by atoms with Gasteiger partial charge >= 0.3 is 6.18 Å². The van der Waals surface area contributed by atoms with Crippen molar-refractivity contribution in [3.8, 4) is 11.5 Å². The van der Waals surface area contributed by atoms with Gasteiger partial charge in [-0.05, 0) is 40.5 Å². The molecule has 39 heavy (non-hydrogen) atoms. The van der Waals surface area contributed by atoms with Crippen LogP contribution in [0.25, 0.3) is 0 Å². The van der Waals surface area contributed by atoms with Crippen LogP contribution in [0.5, 0.6) is 11.5 Å². The van der Waals surface area contributed by atoms with Crippen molar-refractivity contribution in [3.05, 3.63) is 131 Å². The molecule has 0 bridgehead atoms. The number of ether oxygens (including phenoxy) is 3. The maximum atomic E-state index is 14.1. The van der Waals surface area contributed by atoms with Gasteiger partial charge < -0.3 is 14.2 Å². The Bertz CT molecular complexity index is 1370. The molecule has 6 rings (SSSR count). The third-order valence-corrected chi connectivity index (χ3v) is 7.22. The van der Waals surface area contributed by atoms with Gasteiger partial charge in [0.15, 0.2) is 11.5 Å². The van der Waals surface area contributed by atoms with E-state index in [1.807, 2.05) is 36.4 Å². The Morgan fingerprint density at radius 3 is 1.92 bits per heavy atom. The van der Waals surface area contributed by atoms with Crippen molar-refractivity contribution in [2.24, 2.45) is 0 Å². The van der Waals surface area contributed by atoms with E-state index >= 15 is 0 Å². The second kappa shape index (κ2) is 10.8. The molecular formula is C32H28F3NO3. The fourth-order valence-corrected chi connectivity index (χ4v) is 5.38. The number of hydrogen-bond donors (Lipinski definition) is 0. The molecule has 0 radical (unpaired) electrons. The Hall–Kier alpha value is -3.81. The van der Waals surface area contributed by atoms with Gasteiger partial charge in [-0.1, -0.05) is 84.9 Å². The van der Waals surface area contributed by atoms with Crippen LogP contribution < -0.4 is 9.47 Å². The lowest BCUT2D eigenvalue weighted by Crippen LogP contribution is -2.54. The Balaban J connectivity index is 1.30. The zero-order valence-corrected chi connectivity index (χ0v) is 21.2. The van der Waals surface area contributed by atoms with Gasteiger partial charge in [-0.25, -0.2) is 0 Å². The van der Waals surface area contributed by atoms with E-state index in [9.17, 15) is 13.2 Å². The van der Waals surface area contributed by atoms with E-state index in [1.165, 1.54) is 12.1 Å². The van der Waals surface area contributed by atoms with E-state index in [0.717, 1.165) is 17.2 Å². The second-order valence-electron chi connectivity index (χ2n) is 9.80. The summed E-state index contributed by atoms with van der Waals surface area (Å²) in [6.07, 6.45) is -5.68. The van der Waals surface area contributed by atoms with Crippen molar-refractivity contribution in [1.29, 1.82) is 0 Å². The number of alkyl halides is 3. The smallest absolute Gasteiger partial charge is 0.416 e. The monoisotopic (exact) mass is 531 g/mol. The van der Waals surface area contributed by atoms with Crippen LogP contribution in [0.3, 0.4) is 0 Å². The number of likely N-dealkylation sites (tertiary alicyclic amines) is 1. The van der Waals surface area contributed by atoms with Crippen LogP contribution in [-0.4, -0.2) is 37.3 Å². The average molecular weight is 532 g/mol. The maximum Gasteiger partial charge on any atom is 0.416 e. The third kappa shape index (κ3) is 5.37. The average Bonchev–Trinajstić information content (AvgIpc) is 2.94. The molecule has 0 saturated carbocycles. The molecule has 200 valence electrons. The molecule has 0 spiro atoms. The van der Waals surface area contributed by atoms with E-state index < -0.39 is 17.8 Å². The van der Waals surface area contributed by atoms with Crippen LogP contribution in [0.4, 0.5) is 13.2 Å². The Morgan fingerprint density at radius 1 is 0.692 bits per heavy atom. The molecule has 2 heterocycles. The molecule has 0 N–H and O–H groups in total. The van der Waals surface area contributed by atoms with Gasteiger partial charge in [0, 0.05) is 13.1 Å². The molecule has 2 aliphatic heterocycles. The first-order valence-electron chi connectivity index (χ1n) is 13.0. The van der Waals surface area contributed by atoms with Gasteiger partial charge in [0.05, 0.1) is 17.7 Å². The van der Waals surface area contributed by atoms with E-state index in [-0.39, 0.29) is 17.7 Å². The molecule has 1 unspecified atom stereocenters. The van der Waals surface area contributed by atoms with E-state index in [1.54, 1.807) is 24.3 Å². The molecule has 4 aromatic rings. The molecule has 0 amide bonds. The van der Waals surface area contributed by atoms with Crippen molar-refractivity contribution in [2.45, 2.75) is 24.4 Å². The highest BCUT2D eigenvalue weighted by atomic mass is 19.4. The third-order valence-electron chi connectivity index (χ3n) is 7.22. The van der Waals surface area contributed by atoms with E-state index in [0.29, 0.717) is 43.4 Å². The van der Waals surface area contributed by atoms with Crippen LogP contribution in [0.1, 0.15) is 40.0 Å². The van der Waals surface area contributed by atoms with Crippen LogP contribution in [-0.2, 0) is 10.9 Å². The first-order chi connectivity index (χ1) is 19.0. The lowest BCUT2D eigenvalue weighted by molar-refractivity contribution is -0.141. The van der Waals surface area contributed by atoms with E-state index in [2.05, 4.69) is 29.2 Å². The van der Waals surface area contributed by atoms with Gasteiger partial charge in [-0.2, -0.15) is 13.2 Å². The summed E-state index contributed by atoms with van der Waals surface area (Å²) < 4.78 is 60.1. The van der Waals surface area contributed by atoms with Gasteiger partial charge in [-0.3, -0.25) is 4.90 Å². The molecule has 0 aliphatic carbocycles. The van der Waals surface area contributed by atoms with Crippen LogP contribution >= 0.6 is 0 Å². The van der Waals surface area contributed by atoms with E-state index in [4.69, 9.17) is 14.2 Å². The molecule has 1 atom stereocenters. The maximum absolute atomic E-state index is 14.1. The largest absolute Gasteiger partial charge is 0.486 e. The summed E-state index contributed by atoms with van der Waals surface area (Å²) in [5.74, 6) is 1.09. The fourth-order valence-electron chi connectivity index (χ4n) is 5.38. The van der Waals surface area contributed by atoms with Crippen molar-refractivity contribution in [2.75, 3.05) is 26.3 Å². The topological polar surface area (TPSA) is 30.9 Å². The minimum atomic E-state index is -4.51. The number of halogens is 3. The fraction of sp³-hybridized carbons (Fsp3) is 0.250. The number of rotatable bonds is 7. The first-order valence-corrected chi connectivity index (χ1v) is 13.0. The minimum absolute atomic E-state index is 0.0301. The van der Waals surface area contributed by atoms with Gasteiger partial charge in [0.1, 0.15) is 19.3 Å². The lowest BCUT2D eigenvalue weighted by Gasteiger charge is -2.45. The molecule has 1 fully saturated rings. The Kier molecular flexibility index (Phi) is 7.02. The van der Waals surface area contributed by atoms with Crippen molar-refractivity contribution in [1.82, 2.24) is 4.90 Å². The minimum Gasteiger partial charge on any atom is -0.486 e. The van der Waals surface area contributed by atoms with Crippen molar-refractivity contribution >= 4 is 0 Å². The number of nitrogens with zero attached hydrogens (tertiary/aromatic N) is 1. The SMILES string of the molecule is FC(F)(F)c1ccccc1C(OC1CN(C(c2ccccc2)c2ccccc2)C1)c1ccc2c(c1)OCCO2. The predicted octanol–water partition coefficient (Wildman–Crippen LogP) is 7.06. The van der Waals surface area contributed by atoms with Crippen LogP contribution in [0.15, 0.2) is 103 Å². The molecule has 4 aromatic carbocycles. The first kappa shape index (κ1) is 25.5. The molecule has 1 saturated heterocycles. The highest BCUT2D eigenvalue weighted by Gasteiger charge is 2.40. The zero-order chi connectivity index (χ0) is 26.8. The quantitative estimate of drug-likeness (QED) is 0.256. The second-order valence-corrected chi connectivity index (χ2v) is 9.80. The summed E-state index contributed by atoms with van der Waals surface area (Å²) in [5, 5.41) is 0. The molecule has 0 aromatic heterocycles. The molecule has 7 heteroatoms. The summed E-state index contributed by atoms with van der Waals surface area (Å²) >= 11 is 0. The van der Waals surface area contributed by atoms with Gasteiger partial charge in [0.25, 0.3) is 0 Å². The molecule has 4 nitrogen and oxygen atoms in total. The summed E-state index contributed by atoms with van der Waals surface area (Å²) in [7, 11) is 0. The predicted molar refractivity (Wildman–Crippen MR) is 142 cm³/mol. The summed E-state index contributed by atoms with van der Waals surface area (Å²) in [5.41, 5.74) is 2.30. The highest BCUT2D eigenvalue weighted by molar-refractivity contribution is 5.47. The van der Waals surface area contributed by atoms with Crippen LogP contribution in [0, 0.1) is 0 Å². The van der Waals surface area contributed by atoms with Gasteiger partial charge in [0.2, 0.25) is 0 Å². The van der Waals surface area contributed by atoms with Crippen molar-refractivity contribution in [3.63, 3.8) is 0 Å². The summed E-state index contributed by atoms with van der Waals surface area (Å²) in [6, 6.07) is 31.4. The normalized spacial score (nSPS) is 16.6. The molecular weight excluding hydrogens is 503 g/mol. The Morgan fingerprint density at radius 2 is 1.28 bits per heavy atom. The van der Waals surface area contributed by atoms with Crippen molar-refractivity contribution < 1.29 is 27.4 Å². The Labute approximate surface area is 225 Å². The standard InChI is InChI=1S/C32H28F3NO3/c33-32(34,35)27-14-8-7-13-26(27)31(24-15-16-28-29(19-24)38-18-17-37-28)39-25-20-36(21-25)30(22-9-3-1-4-10-22)23-11-5-2-6-12-23/h1-16,19,25,30-31H,17-18,20-21H2. The van der Waals surface area contributed by atoms with Gasteiger partial charge in [-0.15, -0.1) is 0 Å². The highest BCUT2D eigenvalue weighted by Crippen LogP contribution is 2.42. The molecule has 2 aliphatic rings. The number of benzene rings is 4. The number of fused-ring (bicyclic) bond motifs is 1. The summed E-state index contributed by atoms with van der Waals surface area (Å²) in [6.45, 7) is 2.00. The zero-order valence-electron chi connectivity index (χ0n) is 21.2. The summed E-state index contributed by atoms with van der Waals surface area (Å²) in [4.78, 5) is 2.30. The number of hydrogen-bond acceptors (Lipinski definition) is 4. The lowest BCUT2D eigenvalue weighted by atomic mass is 9.93.